The number of nitrogens with two attached hydrogens (primary N) is 1. The molecule has 0 unspecified atom stereocenters. The van der Waals surface area contributed by atoms with Crippen molar-refractivity contribution in [2.45, 2.75) is 51.0 Å². The minimum Gasteiger partial charge on any atom is -0.450 e. The number of primary amides is 1. The molecule has 1 rings (SSSR count). The maximum absolute atomic E-state index is 10.4. The third kappa shape index (κ3) is 6.00. The van der Waals surface area contributed by atoms with Crippen molar-refractivity contribution < 1.29 is 9.53 Å². The molecule has 0 fully saturated rings. The van der Waals surface area contributed by atoms with E-state index in [1.807, 2.05) is 11.8 Å². The van der Waals surface area contributed by atoms with Crippen molar-refractivity contribution in [3.8, 4) is 0 Å². The number of nitrogens with zero attached hydrogens (tertiary/aromatic N) is 1. The first-order chi connectivity index (χ1) is 9.17. The van der Waals surface area contributed by atoms with Crippen molar-refractivity contribution in [1.29, 1.82) is 0 Å². The molecule has 0 aliphatic heterocycles. The molecular weight excluding hydrogens is 262 g/mol. The highest BCUT2D eigenvalue weighted by atomic mass is 32.2. The molecule has 1 heterocycles. The smallest absolute Gasteiger partial charge is 0.404 e. The molecule has 0 radical (unpaired) electrons. The van der Waals surface area contributed by atoms with Crippen LogP contribution in [0, 0.1) is 0 Å². The highest BCUT2D eigenvalue weighted by Crippen LogP contribution is 2.22. The maximum atomic E-state index is 10.4. The summed E-state index contributed by atoms with van der Waals surface area (Å²) < 4.78 is 4.70. The number of imidazole rings is 1. The van der Waals surface area contributed by atoms with Crippen molar-refractivity contribution in [3.05, 3.63) is 11.5 Å². The predicted octanol–water partition coefficient (Wildman–Crippen LogP) is 2.89. The highest BCUT2D eigenvalue weighted by Gasteiger charge is 2.09. The second-order valence-electron chi connectivity index (χ2n) is 4.29. The van der Waals surface area contributed by atoms with Gasteiger partial charge in [-0.25, -0.2) is 9.78 Å². The Morgan fingerprint density at radius 1 is 1.42 bits per heavy atom. The van der Waals surface area contributed by atoms with Crippen LogP contribution in [-0.2, 0) is 17.6 Å². The van der Waals surface area contributed by atoms with Crippen LogP contribution in [0.1, 0.15) is 44.6 Å². The molecule has 1 aromatic rings. The van der Waals surface area contributed by atoms with E-state index in [2.05, 4.69) is 23.8 Å². The van der Waals surface area contributed by atoms with E-state index in [-0.39, 0.29) is 0 Å². The second-order valence-corrected chi connectivity index (χ2v) is 5.38. The number of carbonyl (C=O) groups excluding carboxylic acids is 1. The van der Waals surface area contributed by atoms with Gasteiger partial charge in [-0.1, -0.05) is 20.3 Å². The number of rotatable bonds is 9. The Morgan fingerprint density at radius 3 is 2.84 bits per heavy atom. The fourth-order valence-electron chi connectivity index (χ4n) is 1.65. The van der Waals surface area contributed by atoms with Gasteiger partial charge in [0.1, 0.15) is 10.9 Å². The first-order valence-corrected chi connectivity index (χ1v) is 7.78. The fourth-order valence-corrected chi connectivity index (χ4v) is 2.82. The Kier molecular flexibility index (Phi) is 7.40. The number of carbonyl (C=O) groups is 1. The molecule has 0 atom stereocenters. The first kappa shape index (κ1) is 15.9. The Balaban J connectivity index is 2.43. The van der Waals surface area contributed by atoms with Gasteiger partial charge in [-0.3, -0.25) is 0 Å². The van der Waals surface area contributed by atoms with E-state index in [0.29, 0.717) is 6.61 Å². The summed E-state index contributed by atoms with van der Waals surface area (Å²) in [6.07, 6.45) is 4.16. The van der Waals surface area contributed by atoms with Crippen LogP contribution in [0.15, 0.2) is 5.03 Å². The average Bonchev–Trinajstić information content (AvgIpc) is 2.77. The van der Waals surface area contributed by atoms with Gasteiger partial charge in [-0.2, -0.15) is 0 Å². The lowest BCUT2D eigenvalue weighted by Crippen LogP contribution is -2.14. The van der Waals surface area contributed by atoms with Crippen LogP contribution in [0.2, 0.25) is 0 Å². The largest absolute Gasteiger partial charge is 0.450 e. The summed E-state index contributed by atoms with van der Waals surface area (Å²) in [6, 6.07) is 0. The van der Waals surface area contributed by atoms with Crippen molar-refractivity contribution in [3.63, 3.8) is 0 Å². The lowest BCUT2D eigenvalue weighted by Gasteiger charge is -1.99. The molecule has 0 saturated heterocycles. The number of amides is 1. The predicted molar refractivity (Wildman–Crippen MR) is 77.5 cm³/mol. The van der Waals surface area contributed by atoms with E-state index in [0.717, 1.165) is 35.9 Å². The molecule has 19 heavy (non-hydrogen) atoms. The molecule has 0 saturated carbocycles. The monoisotopic (exact) mass is 285 g/mol. The van der Waals surface area contributed by atoms with Gasteiger partial charge >= 0.3 is 6.09 Å². The van der Waals surface area contributed by atoms with Crippen molar-refractivity contribution in [2.75, 3.05) is 12.4 Å². The minimum atomic E-state index is -0.718. The zero-order valence-corrected chi connectivity index (χ0v) is 12.5. The van der Waals surface area contributed by atoms with E-state index in [9.17, 15) is 4.79 Å². The third-order valence-corrected chi connectivity index (χ3v) is 3.79. The Bertz CT molecular complexity index is 393. The van der Waals surface area contributed by atoms with Gasteiger partial charge in [0, 0.05) is 12.1 Å². The third-order valence-electron chi connectivity index (χ3n) is 2.68. The highest BCUT2D eigenvalue weighted by molar-refractivity contribution is 7.99. The molecule has 0 spiro atoms. The van der Waals surface area contributed by atoms with Crippen LogP contribution in [0.5, 0.6) is 0 Å². The summed E-state index contributed by atoms with van der Waals surface area (Å²) in [5.41, 5.74) is 6.10. The number of aryl methyl sites for hydroxylation is 2. The van der Waals surface area contributed by atoms with Gasteiger partial charge in [-0.15, -0.1) is 11.8 Å². The summed E-state index contributed by atoms with van der Waals surface area (Å²) in [6.45, 7) is 4.66. The van der Waals surface area contributed by atoms with Gasteiger partial charge in [0.2, 0.25) is 0 Å². The van der Waals surface area contributed by atoms with E-state index >= 15 is 0 Å². The molecule has 108 valence electrons. The molecule has 0 aromatic carbocycles. The minimum absolute atomic E-state index is 0.343. The van der Waals surface area contributed by atoms with Crippen LogP contribution < -0.4 is 5.73 Å². The quantitative estimate of drug-likeness (QED) is 0.540. The van der Waals surface area contributed by atoms with Gasteiger partial charge in [0.15, 0.2) is 0 Å². The maximum Gasteiger partial charge on any atom is 0.404 e. The number of hydrogen-bond acceptors (Lipinski definition) is 4. The first-order valence-electron chi connectivity index (χ1n) is 6.80. The summed E-state index contributed by atoms with van der Waals surface area (Å²) in [5, 5.41) is 1.11. The number of thioether (sulfide) groups is 1. The normalized spacial score (nSPS) is 10.6. The van der Waals surface area contributed by atoms with Crippen molar-refractivity contribution in [1.82, 2.24) is 9.97 Å². The summed E-state index contributed by atoms with van der Waals surface area (Å²) in [5.74, 6) is 2.07. The Labute approximate surface area is 118 Å². The topological polar surface area (TPSA) is 81.0 Å². The summed E-state index contributed by atoms with van der Waals surface area (Å²) in [4.78, 5) is 18.4. The van der Waals surface area contributed by atoms with Crippen LogP contribution in [0.4, 0.5) is 4.79 Å². The molecule has 1 aromatic heterocycles. The zero-order valence-electron chi connectivity index (χ0n) is 11.7. The molecule has 0 bridgehead atoms. The molecule has 3 N–H and O–H groups in total. The SMILES string of the molecule is CCCCSc1nc(CCCOC(N)=O)[nH]c1CC. The molecule has 5 nitrogen and oxygen atoms in total. The lowest BCUT2D eigenvalue weighted by molar-refractivity contribution is 0.155. The van der Waals surface area contributed by atoms with Gasteiger partial charge in [-0.05, 0) is 25.0 Å². The average molecular weight is 285 g/mol. The Hall–Kier alpha value is -1.17. The van der Waals surface area contributed by atoms with Crippen LogP contribution >= 0.6 is 11.8 Å². The van der Waals surface area contributed by atoms with Gasteiger partial charge < -0.3 is 15.5 Å². The van der Waals surface area contributed by atoms with E-state index in [4.69, 9.17) is 10.5 Å². The number of aromatic nitrogens is 2. The summed E-state index contributed by atoms with van der Waals surface area (Å²) in [7, 11) is 0. The van der Waals surface area contributed by atoms with E-state index < -0.39 is 6.09 Å². The van der Waals surface area contributed by atoms with Crippen LogP contribution in [0.3, 0.4) is 0 Å². The van der Waals surface area contributed by atoms with Crippen molar-refractivity contribution in [2.24, 2.45) is 5.73 Å². The zero-order chi connectivity index (χ0) is 14.1. The number of H-pyrrole nitrogens is 1. The standard InChI is InChI=1S/C13H23N3O2S/c1-3-5-9-19-12-10(4-2)15-11(16-12)7-6-8-18-13(14)17/h3-9H2,1-2H3,(H2,14,17)(H,15,16). The molecule has 0 aliphatic carbocycles. The number of unbranched alkanes of at least 4 members (excludes halogenated alkanes) is 1. The molecular formula is C13H23N3O2S. The fraction of sp³-hybridized carbons (Fsp3) is 0.692. The summed E-state index contributed by atoms with van der Waals surface area (Å²) >= 11 is 1.81. The Morgan fingerprint density at radius 2 is 2.21 bits per heavy atom. The van der Waals surface area contributed by atoms with Crippen LogP contribution in [-0.4, -0.2) is 28.4 Å². The lowest BCUT2D eigenvalue weighted by atomic mass is 10.3. The van der Waals surface area contributed by atoms with Crippen molar-refractivity contribution >= 4 is 17.9 Å². The number of aromatic amines is 1. The van der Waals surface area contributed by atoms with Gasteiger partial charge in [0.05, 0.1) is 6.61 Å². The number of ether oxygens (including phenoxy) is 1. The number of nitrogens with one attached hydrogen (secondary N) is 1. The number of hydrogen-bond donors (Lipinski definition) is 2. The van der Waals surface area contributed by atoms with E-state index in [1.165, 1.54) is 18.5 Å². The second kappa shape index (κ2) is 8.85. The van der Waals surface area contributed by atoms with E-state index in [1.54, 1.807) is 0 Å². The molecule has 0 aliphatic rings. The molecule has 1 amide bonds. The van der Waals surface area contributed by atoms with Gasteiger partial charge in [0.25, 0.3) is 0 Å². The molecule has 6 heteroatoms. The van der Waals surface area contributed by atoms with Crippen LogP contribution in [0.25, 0.3) is 0 Å².